The Morgan fingerprint density at radius 2 is 1.43 bits per heavy atom. The van der Waals surface area contributed by atoms with Crippen molar-refractivity contribution < 1.29 is 28.6 Å². The first-order chi connectivity index (χ1) is 23.8. The summed E-state index contributed by atoms with van der Waals surface area (Å²) < 4.78 is 17.2. The molecule has 4 aromatic rings. The second kappa shape index (κ2) is 17.9. The lowest BCUT2D eigenvalue weighted by molar-refractivity contribution is -0.145. The number of fused-ring (bicyclic) bond motifs is 2. The molecular formula is C38H43N5O6. The number of methoxy groups -OCH3 is 1. The molecular weight excluding hydrogens is 622 g/mol. The van der Waals surface area contributed by atoms with E-state index in [1.165, 1.54) is 13.2 Å². The van der Waals surface area contributed by atoms with E-state index < -0.39 is 29.9 Å². The molecule has 0 aliphatic rings. The number of guanidine groups is 1. The molecule has 11 nitrogen and oxygen atoms in total. The molecule has 0 radical (unpaired) electrons. The first kappa shape index (κ1) is 36.0. The van der Waals surface area contributed by atoms with Gasteiger partial charge < -0.3 is 35.9 Å². The summed E-state index contributed by atoms with van der Waals surface area (Å²) in [6, 6.07) is 21.6. The summed E-state index contributed by atoms with van der Waals surface area (Å²) in [5.74, 6) is -0.750. The van der Waals surface area contributed by atoms with E-state index in [4.69, 9.17) is 25.4 Å². The molecule has 0 aliphatic heterocycles. The molecule has 11 heteroatoms. The Balaban J connectivity index is 1.62. The maximum atomic E-state index is 13.4. The summed E-state index contributed by atoms with van der Waals surface area (Å²) in [5, 5.41) is 19.3. The number of unbranched alkanes of at least 4 members (excludes halogenated alkanes) is 1. The number of hydrogen-bond donors (Lipinski definition) is 5. The number of esters is 1. The molecule has 6 N–H and O–H groups in total. The van der Waals surface area contributed by atoms with Gasteiger partial charge in [-0.1, -0.05) is 79.4 Å². The third kappa shape index (κ3) is 9.60. The number of benzene rings is 4. The van der Waals surface area contributed by atoms with E-state index in [0.29, 0.717) is 37.5 Å². The van der Waals surface area contributed by atoms with Crippen LogP contribution in [-0.2, 0) is 19.1 Å². The fourth-order valence-corrected chi connectivity index (χ4v) is 5.55. The van der Waals surface area contributed by atoms with Crippen molar-refractivity contribution in [2.45, 2.75) is 37.8 Å². The predicted octanol–water partition coefficient (Wildman–Crippen LogP) is 4.98. The van der Waals surface area contributed by atoms with Crippen molar-refractivity contribution in [2.24, 2.45) is 5.73 Å². The minimum atomic E-state index is -0.974. The maximum Gasteiger partial charge on any atom is 0.328 e. The van der Waals surface area contributed by atoms with Crippen LogP contribution in [0.3, 0.4) is 0 Å². The second-order valence-electron chi connectivity index (χ2n) is 11.3. The Bertz CT molecular complexity index is 1820. The molecule has 0 unspecified atom stereocenters. The number of nitrogens with one attached hydrogen (secondary N) is 4. The van der Waals surface area contributed by atoms with Crippen molar-refractivity contribution in [3.05, 3.63) is 98.1 Å². The zero-order chi connectivity index (χ0) is 35.2. The Labute approximate surface area is 286 Å². The monoisotopic (exact) mass is 665 g/mol. The van der Waals surface area contributed by atoms with Crippen LogP contribution in [0.1, 0.15) is 25.7 Å². The highest BCUT2D eigenvalue weighted by Crippen LogP contribution is 2.45. The summed E-state index contributed by atoms with van der Waals surface area (Å²) >= 11 is 0. The minimum absolute atomic E-state index is 0.152. The predicted molar refractivity (Wildman–Crippen MR) is 193 cm³/mol. The number of hydrogen-bond acceptors (Lipinski definition) is 7. The van der Waals surface area contributed by atoms with Gasteiger partial charge in [0.25, 0.3) is 5.91 Å². The van der Waals surface area contributed by atoms with Crippen molar-refractivity contribution in [2.75, 3.05) is 26.9 Å². The van der Waals surface area contributed by atoms with Gasteiger partial charge >= 0.3 is 5.97 Å². The van der Waals surface area contributed by atoms with Crippen LogP contribution in [0.5, 0.6) is 11.5 Å². The topological polar surface area (TPSA) is 165 Å². The molecule has 49 heavy (non-hydrogen) atoms. The molecule has 0 aliphatic carbocycles. The van der Waals surface area contributed by atoms with Crippen molar-refractivity contribution in [1.29, 1.82) is 5.41 Å². The molecule has 256 valence electrons. The molecule has 0 aromatic heterocycles. The number of amides is 2. The SMILES string of the molecule is C=CCOc1ccc2ccccc2c1-c1c(OCC(=O)N[C@H](CCCCNC(=N)N)C(=O)N[C@@H](CC=C)C(=O)OC)ccc2ccccc12. The average Bonchev–Trinajstić information content (AvgIpc) is 3.11. The van der Waals surface area contributed by atoms with E-state index in [1.54, 1.807) is 6.08 Å². The van der Waals surface area contributed by atoms with E-state index in [0.717, 1.165) is 32.7 Å². The molecule has 4 aromatic carbocycles. The van der Waals surface area contributed by atoms with Gasteiger partial charge in [0.05, 0.1) is 7.11 Å². The van der Waals surface area contributed by atoms with E-state index >= 15 is 0 Å². The number of nitrogens with two attached hydrogens (primary N) is 1. The maximum absolute atomic E-state index is 13.4. The molecule has 2 atom stereocenters. The van der Waals surface area contributed by atoms with Gasteiger partial charge in [0.15, 0.2) is 12.6 Å². The number of rotatable bonds is 18. The normalized spacial score (nSPS) is 11.9. The molecule has 0 heterocycles. The molecule has 0 spiro atoms. The summed E-state index contributed by atoms with van der Waals surface area (Å²) in [7, 11) is 1.23. The number of carbonyl (C=O) groups excluding carboxylic acids is 3. The highest BCUT2D eigenvalue weighted by atomic mass is 16.5. The lowest BCUT2D eigenvalue weighted by atomic mass is 9.92. The van der Waals surface area contributed by atoms with Crippen LogP contribution in [0, 0.1) is 5.41 Å². The molecule has 2 amide bonds. The third-order valence-corrected chi connectivity index (χ3v) is 7.84. The molecule has 0 saturated carbocycles. The highest BCUT2D eigenvalue weighted by molar-refractivity contribution is 6.09. The van der Waals surface area contributed by atoms with Crippen LogP contribution in [0.4, 0.5) is 0 Å². The van der Waals surface area contributed by atoms with Crippen LogP contribution >= 0.6 is 0 Å². The van der Waals surface area contributed by atoms with Gasteiger partial charge in [-0.05, 0) is 59.4 Å². The third-order valence-electron chi connectivity index (χ3n) is 7.84. The van der Waals surface area contributed by atoms with E-state index in [-0.39, 0.29) is 25.4 Å². The fraction of sp³-hybridized carbons (Fsp3) is 0.263. The Kier molecular flexibility index (Phi) is 13.2. The number of carbonyl (C=O) groups is 3. The van der Waals surface area contributed by atoms with Gasteiger partial charge in [-0.25, -0.2) is 4.79 Å². The summed E-state index contributed by atoms with van der Waals surface area (Å²) in [6.07, 6.45) is 4.71. The van der Waals surface area contributed by atoms with Crippen LogP contribution < -0.4 is 31.2 Å². The lowest BCUT2D eigenvalue weighted by Crippen LogP contribution is -2.52. The van der Waals surface area contributed by atoms with Gasteiger partial charge in [-0.15, -0.1) is 6.58 Å². The lowest BCUT2D eigenvalue weighted by Gasteiger charge is -2.22. The van der Waals surface area contributed by atoms with Gasteiger partial charge in [-0.3, -0.25) is 15.0 Å². The Morgan fingerprint density at radius 1 is 0.816 bits per heavy atom. The Hall–Kier alpha value is -5.84. The average molecular weight is 666 g/mol. The van der Waals surface area contributed by atoms with E-state index in [9.17, 15) is 14.4 Å². The van der Waals surface area contributed by atoms with Crippen LogP contribution in [0.25, 0.3) is 32.7 Å². The summed E-state index contributed by atoms with van der Waals surface area (Å²) in [6.45, 7) is 7.79. The Morgan fingerprint density at radius 3 is 2.00 bits per heavy atom. The van der Waals surface area contributed by atoms with Crippen LogP contribution in [0.15, 0.2) is 98.1 Å². The van der Waals surface area contributed by atoms with Gasteiger partial charge in [-0.2, -0.15) is 0 Å². The zero-order valence-corrected chi connectivity index (χ0v) is 27.6. The highest BCUT2D eigenvalue weighted by Gasteiger charge is 2.27. The first-order valence-electron chi connectivity index (χ1n) is 16.0. The smallest absolute Gasteiger partial charge is 0.328 e. The van der Waals surface area contributed by atoms with Gasteiger partial charge in [0.1, 0.15) is 30.2 Å². The summed E-state index contributed by atoms with van der Waals surface area (Å²) in [4.78, 5) is 39.1. The van der Waals surface area contributed by atoms with Gasteiger partial charge in [0.2, 0.25) is 5.91 Å². The van der Waals surface area contributed by atoms with Crippen molar-refractivity contribution in [3.63, 3.8) is 0 Å². The standard InChI is InChI=1S/C38H43N5O6/c1-4-12-30(37(46)47-3)43-36(45)29(17-10-11-22-41-38(39)40)42-33(44)24-49-32-21-19-26-14-7-9-16-28(26)35(32)34-27-15-8-6-13-25(27)18-20-31(34)48-23-5-2/h4-9,13-16,18-21,29-30H,1-2,10-12,17,22-24H2,3H3,(H,42,44)(H,43,45)(H4,39,40,41)/t29-,30+/m1/s1. The summed E-state index contributed by atoms with van der Waals surface area (Å²) in [5.41, 5.74) is 6.95. The molecule has 0 bridgehead atoms. The van der Waals surface area contributed by atoms with Crippen LogP contribution in [-0.4, -0.2) is 62.7 Å². The quantitative estimate of drug-likeness (QED) is 0.0327. The fourth-order valence-electron chi connectivity index (χ4n) is 5.55. The van der Waals surface area contributed by atoms with Gasteiger partial charge in [0, 0.05) is 17.7 Å². The van der Waals surface area contributed by atoms with E-state index in [1.807, 2.05) is 72.8 Å². The second-order valence-corrected chi connectivity index (χ2v) is 11.3. The molecule has 0 saturated heterocycles. The van der Waals surface area contributed by atoms with E-state index in [2.05, 4.69) is 29.1 Å². The largest absolute Gasteiger partial charge is 0.489 e. The minimum Gasteiger partial charge on any atom is -0.489 e. The molecule has 4 rings (SSSR count). The van der Waals surface area contributed by atoms with Crippen molar-refractivity contribution in [1.82, 2.24) is 16.0 Å². The van der Waals surface area contributed by atoms with Crippen molar-refractivity contribution >= 4 is 45.3 Å². The van der Waals surface area contributed by atoms with Crippen LogP contribution in [0.2, 0.25) is 0 Å². The van der Waals surface area contributed by atoms with Crippen molar-refractivity contribution in [3.8, 4) is 22.6 Å². The molecule has 0 fully saturated rings. The number of ether oxygens (including phenoxy) is 3. The zero-order valence-electron chi connectivity index (χ0n) is 27.6. The first-order valence-corrected chi connectivity index (χ1v) is 16.0.